The van der Waals surface area contributed by atoms with Crippen molar-refractivity contribution in [1.82, 2.24) is 15.5 Å². The number of amides is 1. The largest absolute Gasteiger partial charge is 0.490 e. The Labute approximate surface area is 141 Å². The van der Waals surface area contributed by atoms with Crippen LogP contribution in [-0.2, 0) is 13.0 Å². The van der Waals surface area contributed by atoms with E-state index in [1.165, 1.54) is 12.8 Å². The summed E-state index contributed by atoms with van der Waals surface area (Å²) in [6.07, 6.45) is 5.88. The molecule has 6 nitrogen and oxygen atoms in total. The Morgan fingerprint density at radius 1 is 1.29 bits per heavy atom. The normalized spacial score (nSPS) is 17.5. The lowest BCUT2D eigenvalue weighted by atomic mass is 10.1. The van der Waals surface area contributed by atoms with Crippen LogP contribution >= 0.6 is 0 Å². The first-order chi connectivity index (χ1) is 11.8. The van der Waals surface area contributed by atoms with Crippen LogP contribution in [0.4, 0.5) is 5.69 Å². The Bertz CT molecular complexity index is 734. The second-order valence-corrected chi connectivity index (χ2v) is 6.46. The fourth-order valence-corrected chi connectivity index (χ4v) is 3.45. The molecule has 4 rings (SSSR count). The predicted octanol–water partition coefficient (Wildman–Crippen LogP) is 2.63. The van der Waals surface area contributed by atoms with Crippen molar-refractivity contribution in [2.24, 2.45) is 0 Å². The average molecular weight is 326 g/mol. The molecule has 0 spiro atoms. The summed E-state index contributed by atoms with van der Waals surface area (Å²) in [5.41, 5.74) is 3.23. The number of hydrogen-bond acceptors (Lipinski definition) is 4. The highest BCUT2D eigenvalue weighted by atomic mass is 16.5. The first-order valence-corrected chi connectivity index (χ1v) is 8.64. The molecule has 0 unspecified atom stereocenters. The predicted molar refractivity (Wildman–Crippen MR) is 91.3 cm³/mol. The number of anilines is 1. The summed E-state index contributed by atoms with van der Waals surface area (Å²) in [5, 5.41) is 13.4. The molecule has 2 aliphatic rings. The van der Waals surface area contributed by atoms with Crippen molar-refractivity contribution in [3.8, 4) is 5.75 Å². The van der Waals surface area contributed by atoms with Gasteiger partial charge in [-0.05, 0) is 37.8 Å². The number of aromatic amines is 1. The Balaban J connectivity index is 1.46. The summed E-state index contributed by atoms with van der Waals surface area (Å²) >= 11 is 0. The molecule has 1 amide bonds. The molecule has 0 radical (unpaired) electrons. The zero-order chi connectivity index (χ0) is 16.4. The number of nitrogens with one attached hydrogen (secondary N) is 3. The van der Waals surface area contributed by atoms with Gasteiger partial charge in [0.15, 0.2) is 5.69 Å². The Kier molecular flexibility index (Phi) is 4.21. The van der Waals surface area contributed by atoms with Gasteiger partial charge in [0.1, 0.15) is 5.75 Å². The molecule has 126 valence electrons. The minimum absolute atomic E-state index is 0.186. The molecule has 24 heavy (non-hydrogen) atoms. The van der Waals surface area contributed by atoms with Crippen LogP contribution in [0.25, 0.3) is 0 Å². The molecule has 1 saturated carbocycles. The van der Waals surface area contributed by atoms with Crippen LogP contribution in [0.2, 0.25) is 0 Å². The summed E-state index contributed by atoms with van der Waals surface area (Å²) in [5.74, 6) is 0.625. The van der Waals surface area contributed by atoms with Crippen LogP contribution in [0.3, 0.4) is 0 Å². The maximum atomic E-state index is 12.5. The highest BCUT2D eigenvalue weighted by Crippen LogP contribution is 2.26. The molecule has 0 saturated heterocycles. The first kappa shape index (κ1) is 15.2. The van der Waals surface area contributed by atoms with E-state index in [2.05, 4.69) is 20.8 Å². The van der Waals surface area contributed by atoms with E-state index in [1.54, 1.807) is 0 Å². The van der Waals surface area contributed by atoms with Crippen molar-refractivity contribution in [2.75, 3.05) is 11.9 Å². The zero-order valence-corrected chi connectivity index (χ0v) is 13.6. The van der Waals surface area contributed by atoms with E-state index in [-0.39, 0.29) is 5.91 Å². The van der Waals surface area contributed by atoms with Gasteiger partial charge in [0.2, 0.25) is 0 Å². The maximum Gasteiger partial charge on any atom is 0.276 e. The number of fused-ring (bicyclic) bond motifs is 1. The van der Waals surface area contributed by atoms with Gasteiger partial charge in [-0.25, -0.2) is 0 Å². The van der Waals surface area contributed by atoms with E-state index in [1.807, 2.05) is 24.3 Å². The van der Waals surface area contributed by atoms with Gasteiger partial charge >= 0.3 is 0 Å². The second-order valence-electron chi connectivity index (χ2n) is 6.46. The lowest BCUT2D eigenvalue weighted by Gasteiger charge is -2.14. The van der Waals surface area contributed by atoms with E-state index in [4.69, 9.17) is 4.74 Å². The molecule has 2 heterocycles. The first-order valence-electron chi connectivity index (χ1n) is 8.64. The van der Waals surface area contributed by atoms with Crippen molar-refractivity contribution < 1.29 is 9.53 Å². The van der Waals surface area contributed by atoms with Crippen LogP contribution in [0, 0.1) is 0 Å². The van der Waals surface area contributed by atoms with Gasteiger partial charge in [-0.15, -0.1) is 0 Å². The third-order valence-electron chi connectivity index (χ3n) is 4.72. The van der Waals surface area contributed by atoms with Crippen LogP contribution < -0.4 is 15.4 Å². The molecular weight excluding hydrogens is 304 g/mol. The van der Waals surface area contributed by atoms with Crippen LogP contribution in [0.5, 0.6) is 5.75 Å². The van der Waals surface area contributed by atoms with E-state index >= 15 is 0 Å². The molecule has 1 aromatic carbocycles. The third kappa shape index (κ3) is 3.14. The van der Waals surface area contributed by atoms with Gasteiger partial charge in [0.05, 0.1) is 6.10 Å². The van der Waals surface area contributed by atoms with Crippen molar-refractivity contribution in [2.45, 2.75) is 44.8 Å². The SMILES string of the molecule is O=C(Nc1cccc(OC2CCCC2)c1)c1n[nH]c2c1CNCC2. The van der Waals surface area contributed by atoms with E-state index < -0.39 is 0 Å². The maximum absolute atomic E-state index is 12.5. The standard InChI is InChI=1S/C18H22N4O2/c23-18(17-15-11-19-9-8-16(15)21-22-17)20-12-4-3-7-14(10-12)24-13-5-1-2-6-13/h3-4,7,10,13,19H,1-2,5-6,8-9,11H2,(H,20,23)(H,21,22). The number of ether oxygens (including phenoxy) is 1. The topological polar surface area (TPSA) is 79.0 Å². The molecule has 1 aliphatic heterocycles. The number of carbonyl (C=O) groups excluding carboxylic acids is 1. The van der Waals surface area contributed by atoms with Crippen LogP contribution in [0.15, 0.2) is 24.3 Å². The Morgan fingerprint density at radius 2 is 2.17 bits per heavy atom. The van der Waals surface area contributed by atoms with Crippen LogP contribution in [0.1, 0.15) is 47.4 Å². The molecule has 1 aromatic heterocycles. The highest BCUT2D eigenvalue weighted by Gasteiger charge is 2.22. The lowest BCUT2D eigenvalue weighted by Crippen LogP contribution is -2.25. The van der Waals surface area contributed by atoms with E-state index in [0.29, 0.717) is 18.3 Å². The Hall–Kier alpha value is -2.34. The molecule has 3 N–H and O–H groups in total. The summed E-state index contributed by atoms with van der Waals surface area (Å²) in [6, 6.07) is 7.60. The second kappa shape index (κ2) is 6.65. The number of carbonyl (C=O) groups is 1. The molecule has 0 atom stereocenters. The minimum atomic E-state index is -0.186. The molecule has 0 bridgehead atoms. The third-order valence-corrected chi connectivity index (χ3v) is 4.72. The molecular formula is C18H22N4O2. The van der Waals surface area contributed by atoms with Crippen molar-refractivity contribution in [3.63, 3.8) is 0 Å². The monoisotopic (exact) mass is 326 g/mol. The van der Waals surface area contributed by atoms with Crippen LogP contribution in [-0.4, -0.2) is 28.8 Å². The minimum Gasteiger partial charge on any atom is -0.490 e. The number of nitrogens with zero attached hydrogens (tertiary/aromatic N) is 1. The molecule has 6 heteroatoms. The van der Waals surface area contributed by atoms with Gasteiger partial charge in [0.25, 0.3) is 5.91 Å². The smallest absolute Gasteiger partial charge is 0.276 e. The molecule has 2 aromatic rings. The fraction of sp³-hybridized carbons (Fsp3) is 0.444. The zero-order valence-electron chi connectivity index (χ0n) is 13.6. The summed E-state index contributed by atoms with van der Waals surface area (Å²) in [6.45, 7) is 1.59. The average Bonchev–Trinajstić information content (AvgIpc) is 3.24. The number of H-pyrrole nitrogens is 1. The van der Waals surface area contributed by atoms with Gasteiger partial charge in [0, 0.05) is 42.5 Å². The van der Waals surface area contributed by atoms with Gasteiger partial charge in [-0.2, -0.15) is 5.10 Å². The number of benzene rings is 1. The lowest BCUT2D eigenvalue weighted by molar-refractivity contribution is 0.102. The van der Waals surface area contributed by atoms with Gasteiger partial charge in [-0.3, -0.25) is 9.89 Å². The number of hydrogen-bond donors (Lipinski definition) is 3. The quantitative estimate of drug-likeness (QED) is 0.807. The molecule has 1 fully saturated rings. The van der Waals surface area contributed by atoms with E-state index in [0.717, 1.165) is 48.5 Å². The number of aromatic nitrogens is 2. The highest BCUT2D eigenvalue weighted by molar-refractivity contribution is 6.04. The summed E-state index contributed by atoms with van der Waals surface area (Å²) in [4.78, 5) is 12.5. The van der Waals surface area contributed by atoms with E-state index in [9.17, 15) is 4.79 Å². The summed E-state index contributed by atoms with van der Waals surface area (Å²) < 4.78 is 6.00. The fourth-order valence-electron chi connectivity index (χ4n) is 3.45. The van der Waals surface area contributed by atoms with Crippen molar-refractivity contribution in [1.29, 1.82) is 0 Å². The Morgan fingerprint density at radius 3 is 3.04 bits per heavy atom. The van der Waals surface area contributed by atoms with Crippen molar-refractivity contribution in [3.05, 3.63) is 41.2 Å². The number of rotatable bonds is 4. The molecule has 1 aliphatic carbocycles. The summed E-state index contributed by atoms with van der Waals surface area (Å²) in [7, 11) is 0. The van der Waals surface area contributed by atoms with Gasteiger partial charge < -0.3 is 15.4 Å². The van der Waals surface area contributed by atoms with Gasteiger partial charge in [-0.1, -0.05) is 6.07 Å². The van der Waals surface area contributed by atoms with Crippen molar-refractivity contribution >= 4 is 11.6 Å².